The molecule has 1 aromatic heterocycles. The molecule has 3 heterocycles. The zero-order valence-electron chi connectivity index (χ0n) is 16.5. The number of amides is 1. The standard InChI is InChI=1S/C21H26FN5O2/c22-17-6-2-3-7-18(17)29-16-21(28)27-14-12-26(13-15-27)20-9-8-19(23-24-20)25-10-4-1-5-11-25/h2-3,6-9H,1,4-5,10-16H2. The lowest BCUT2D eigenvalue weighted by Crippen LogP contribution is -2.50. The first-order valence-electron chi connectivity index (χ1n) is 10.2. The molecule has 1 amide bonds. The highest BCUT2D eigenvalue weighted by molar-refractivity contribution is 5.78. The van der Waals surface area contributed by atoms with E-state index in [9.17, 15) is 9.18 Å². The fourth-order valence-electron chi connectivity index (χ4n) is 3.76. The largest absolute Gasteiger partial charge is 0.481 e. The molecule has 7 nitrogen and oxygen atoms in total. The number of hydrogen-bond acceptors (Lipinski definition) is 6. The highest BCUT2D eigenvalue weighted by Gasteiger charge is 2.23. The minimum Gasteiger partial charge on any atom is -0.481 e. The molecule has 2 aromatic rings. The van der Waals surface area contributed by atoms with Gasteiger partial charge in [0.2, 0.25) is 0 Å². The Morgan fingerprint density at radius 3 is 2.10 bits per heavy atom. The maximum Gasteiger partial charge on any atom is 0.260 e. The highest BCUT2D eigenvalue weighted by Crippen LogP contribution is 2.20. The third-order valence-corrected chi connectivity index (χ3v) is 5.46. The number of anilines is 2. The van der Waals surface area contributed by atoms with E-state index in [2.05, 4.69) is 20.0 Å². The lowest BCUT2D eigenvalue weighted by Gasteiger charge is -2.35. The van der Waals surface area contributed by atoms with Crippen molar-refractivity contribution < 1.29 is 13.9 Å². The summed E-state index contributed by atoms with van der Waals surface area (Å²) in [4.78, 5) is 18.5. The Hall–Kier alpha value is -2.90. The second kappa shape index (κ2) is 9.07. The van der Waals surface area contributed by atoms with E-state index < -0.39 is 5.82 Å². The normalized spacial score (nSPS) is 17.3. The van der Waals surface area contributed by atoms with Crippen LogP contribution >= 0.6 is 0 Å². The minimum absolute atomic E-state index is 0.101. The number of halogens is 1. The molecule has 0 unspecified atom stereocenters. The molecular formula is C21H26FN5O2. The molecule has 0 spiro atoms. The molecule has 0 atom stereocenters. The van der Waals surface area contributed by atoms with E-state index in [0.717, 1.165) is 24.7 Å². The topological polar surface area (TPSA) is 61.8 Å². The van der Waals surface area contributed by atoms with Gasteiger partial charge in [-0.2, -0.15) is 0 Å². The first kappa shape index (κ1) is 19.4. The van der Waals surface area contributed by atoms with E-state index in [1.54, 1.807) is 17.0 Å². The summed E-state index contributed by atoms with van der Waals surface area (Å²) in [6.07, 6.45) is 3.70. The van der Waals surface area contributed by atoms with E-state index >= 15 is 0 Å². The summed E-state index contributed by atoms with van der Waals surface area (Å²) in [6.45, 7) is 4.45. The Morgan fingerprint density at radius 2 is 1.48 bits per heavy atom. The van der Waals surface area contributed by atoms with Gasteiger partial charge in [-0.3, -0.25) is 4.79 Å². The molecule has 2 saturated heterocycles. The van der Waals surface area contributed by atoms with E-state index in [0.29, 0.717) is 26.2 Å². The monoisotopic (exact) mass is 399 g/mol. The zero-order valence-corrected chi connectivity index (χ0v) is 16.5. The van der Waals surface area contributed by atoms with Gasteiger partial charge in [0.1, 0.15) is 0 Å². The van der Waals surface area contributed by atoms with Crippen LogP contribution in [0.5, 0.6) is 5.75 Å². The number of hydrogen-bond donors (Lipinski definition) is 0. The molecule has 8 heteroatoms. The number of piperidine rings is 1. The van der Waals surface area contributed by atoms with Gasteiger partial charge in [-0.05, 0) is 43.5 Å². The van der Waals surface area contributed by atoms with Crippen molar-refractivity contribution in [3.05, 3.63) is 42.2 Å². The number of piperazine rings is 1. The van der Waals surface area contributed by atoms with Crippen LogP contribution in [0.1, 0.15) is 19.3 Å². The van der Waals surface area contributed by atoms with Crippen LogP contribution in [-0.4, -0.2) is 66.9 Å². The van der Waals surface area contributed by atoms with Crippen LogP contribution in [0.4, 0.5) is 16.0 Å². The fraction of sp³-hybridized carbons (Fsp3) is 0.476. The SMILES string of the molecule is O=C(COc1ccccc1F)N1CCN(c2ccc(N3CCCCC3)nn2)CC1. The van der Waals surface area contributed by atoms with Crippen molar-refractivity contribution in [2.24, 2.45) is 0 Å². The van der Waals surface area contributed by atoms with Crippen molar-refractivity contribution in [1.29, 1.82) is 0 Å². The van der Waals surface area contributed by atoms with Gasteiger partial charge in [0.15, 0.2) is 29.8 Å². The van der Waals surface area contributed by atoms with Crippen molar-refractivity contribution in [3.63, 3.8) is 0 Å². The second-order valence-corrected chi connectivity index (χ2v) is 7.38. The summed E-state index contributed by atoms with van der Waals surface area (Å²) in [5.41, 5.74) is 0. The Labute approximate surface area is 170 Å². The third kappa shape index (κ3) is 4.75. The summed E-state index contributed by atoms with van der Waals surface area (Å²) < 4.78 is 18.9. The summed E-state index contributed by atoms with van der Waals surface area (Å²) in [5.74, 6) is 1.27. The number of para-hydroxylation sites is 1. The van der Waals surface area contributed by atoms with Gasteiger partial charge >= 0.3 is 0 Å². The lowest BCUT2D eigenvalue weighted by molar-refractivity contribution is -0.133. The molecule has 0 bridgehead atoms. The van der Waals surface area contributed by atoms with Crippen molar-refractivity contribution in [2.75, 3.05) is 55.7 Å². The van der Waals surface area contributed by atoms with Crippen LogP contribution in [0.15, 0.2) is 36.4 Å². The van der Waals surface area contributed by atoms with Crippen LogP contribution in [-0.2, 0) is 4.79 Å². The number of aromatic nitrogens is 2. The molecule has 0 aliphatic carbocycles. The van der Waals surface area contributed by atoms with Gasteiger partial charge in [0.25, 0.3) is 5.91 Å². The summed E-state index contributed by atoms with van der Waals surface area (Å²) in [5, 5.41) is 8.80. The molecule has 2 fully saturated rings. The van der Waals surface area contributed by atoms with Gasteiger partial charge < -0.3 is 19.4 Å². The average Bonchev–Trinajstić information content (AvgIpc) is 2.79. The molecule has 29 heavy (non-hydrogen) atoms. The van der Waals surface area contributed by atoms with Crippen molar-refractivity contribution >= 4 is 17.5 Å². The Bertz CT molecular complexity index is 818. The number of benzene rings is 1. The molecular weight excluding hydrogens is 373 g/mol. The van der Waals surface area contributed by atoms with Gasteiger partial charge in [0.05, 0.1) is 0 Å². The summed E-state index contributed by atoms with van der Waals surface area (Å²) in [6, 6.07) is 10.1. The van der Waals surface area contributed by atoms with Gasteiger partial charge in [0, 0.05) is 39.3 Å². The second-order valence-electron chi connectivity index (χ2n) is 7.38. The van der Waals surface area contributed by atoms with Gasteiger partial charge in [-0.25, -0.2) is 4.39 Å². The molecule has 154 valence electrons. The maximum atomic E-state index is 13.6. The Kier molecular flexibility index (Phi) is 6.07. The number of ether oxygens (including phenoxy) is 1. The van der Waals surface area contributed by atoms with Crippen LogP contribution < -0.4 is 14.5 Å². The van der Waals surface area contributed by atoms with Crippen molar-refractivity contribution in [2.45, 2.75) is 19.3 Å². The van der Waals surface area contributed by atoms with E-state index in [1.807, 2.05) is 12.1 Å². The number of carbonyl (C=O) groups is 1. The van der Waals surface area contributed by atoms with Gasteiger partial charge in [-0.15, -0.1) is 10.2 Å². The quantitative estimate of drug-likeness (QED) is 0.769. The predicted molar refractivity (Wildman–Crippen MR) is 109 cm³/mol. The number of rotatable bonds is 5. The van der Waals surface area contributed by atoms with Crippen molar-refractivity contribution in [1.82, 2.24) is 15.1 Å². The molecule has 2 aliphatic heterocycles. The average molecular weight is 399 g/mol. The molecule has 4 rings (SSSR count). The van der Waals surface area contributed by atoms with Crippen LogP contribution in [0.25, 0.3) is 0 Å². The van der Waals surface area contributed by atoms with Gasteiger partial charge in [-0.1, -0.05) is 12.1 Å². The van der Waals surface area contributed by atoms with Crippen LogP contribution in [0.3, 0.4) is 0 Å². The molecule has 1 aromatic carbocycles. The molecule has 0 saturated carbocycles. The number of nitrogens with zero attached hydrogens (tertiary/aromatic N) is 5. The summed E-state index contributed by atoms with van der Waals surface area (Å²) in [7, 11) is 0. The predicted octanol–water partition coefficient (Wildman–Crippen LogP) is 2.33. The van der Waals surface area contributed by atoms with Crippen LogP contribution in [0, 0.1) is 5.82 Å². The summed E-state index contributed by atoms with van der Waals surface area (Å²) >= 11 is 0. The molecule has 2 aliphatic rings. The highest BCUT2D eigenvalue weighted by atomic mass is 19.1. The third-order valence-electron chi connectivity index (χ3n) is 5.46. The lowest BCUT2D eigenvalue weighted by atomic mass is 10.1. The maximum absolute atomic E-state index is 13.6. The minimum atomic E-state index is -0.461. The molecule has 0 N–H and O–H groups in total. The van der Waals surface area contributed by atoms with Crippen molar-refractivity contribution in [3.8, 4) is 5.75 Å². The Balaban J connectivity index is 1.26. The Morgan fingerprint density at radius 1 is 0.862 bits per heavy atom. The fourth-order valence-corrected chi connectivity index (χ4v) is 3.76. The van der Waals surface area contributed by atoms with E-state index in [-0.39, 0.29) is 18.3 Å². The number of carbonyl (C=O) groups excluding carboxylic acids is 1. The van der Waals surface area contributed by atoms with E-state index in [4.69, 9.17) is 4.74 Å². The zero-order chi connectivity index (χ0) is 20.1. The van der Waals surface area contributed by atoms with Crippen LogP contribution in [0.2, 0.25) is 0 Å². The smallest absolute Gasteiger partial charge is 0.260 e. The van der Waals surface area contributed by atoms with E-state index in [1.165, 1.54) is 31.4 Å². The molecule has 0 radical (unpaired) electrons. The first-order chi connectivity index (χ1) is 14.2. The first-order valence-corrected chi connectivity index (χ1v) is 10.2.